The minimum absolute atomic E-state index is 0.0413. The number of amides is 1. The van der Waals surface area contributed by atoms with Crippen LogP contribution in [0.1, 0.15) is 21.5 Å². The van der Waals surface area contributed by atoms with Crippen molar-refractivity contribution in [3.8, 4) is 5.75 Å². The number of anilines is 1. The Morgan fingerprint density at radius 2 is 1.84 bits per heavy atom. The number of phenols is 1. The quantitative estimate of drug-likeness (QED) is 0.868. The lowest BCUT2D eigenvalue weighted by Crippen LogP contribution is -2.12. The van der Waals surface area contributed by atoms with E-state index >= 15 is 0 Å². The van der Waals surface area contributed by atoms with Crippen molar-refractivity contribution in [2.24, 2.45) is 0 Å². The van der Waals surface area contributed by atoms with Gasteiger partial charge >= 0.3 is 0 Å². The molecule has 0 fully saturated rings. The number of halogens is 1. The lowest BCUT2D eigenvalue weighted by Gasteiger charge is -2.08. The molecule has 0 heterocycles. The topological polar surface area (TPSA) is 49.3 Å². The van der Waals surface area contributed by atoms with Crippen LogP contribution in [0, 0.1) is 19.7 Å². The Hall–Kier alpha value is -2.36. The van der Waals surface area contributed by atoms with Crippen molar-refractivity contribution in [1.29, 1.82) is 0 Å². The van der Waals surface area contributed by atoms with Gasteiger partial charge in [0.1, 0.15) is 11.6 Å². The van der Waals surface area contributed by atoms with Crippen molar-refractivity contribution in [2.75, 3.05) is 5.32 Å². The van der Waals surface area contributed by atoms with Gasteiger partial charge in [-0.3, -0.25) is 4.79 Å². The second-order valence-electron chi connectivity index (χ2n) is 4.41. The van der Waals surface area contributed by atoms with Crippen molar-refractivity contribution < 1.29 is 14.3 Å². The van der Waals surface area contributed by atoms with Gasteiger partial charge in [-0.25, -0.2) is 4.39 Å². The van der Waals surface area contributed by atoms with E-state index in [4.69, 9.17) is 0 Å². The predicted molar refractivity (Wildman–Crippen MR) is 71.9 cm³/mol. The second-order valence-corrected chi connectivity index (χ2v) is 4.41. The fraction of sp³-hybridized carbons (Fsp3) is 0.133. The number of carbonyl (C=O) groups is 1. The van der Waals surface area contributed by atoms with Gasteiger partial charge in [0.15, 0.2) is 0 Å². The molecule has 0 aliphatic rings. The van der Waals surface area contributed by atoms with Crippen LogP contribution in [0.5, 0.6) is 5.75 Å². The normalized spacial score (nSPS) is 10.3. The van der Waals surface area contributed by atoms with E-state index < -0.39 is 11.7 Å². The highest BCUT2D eigenvalue weighted by Gasteiger charge is 2.12. The smallest absolute Gasteiger partial charge is 0.259 e. The Kier molecular flexibility index (Phi) is 3.51. The molecule has 0 bridgehead atoms. The summed E-state index contributed by atoms with van der Waals surface area (Å²) in [6.07, 6.45) is 0. The molecule has 0 unspecified atom stereocenters. The van der Waals surface area contributed by atoms with Crippen LogP contribution in [0.25, 0.3) is 0 Å². The third kappa shape index (κ3) is 2.91. The number of benzene rings is 2. The maximum Gasteiger partial charge on any atom is 0.259 e. The number of nitrogens with one attached hydrogen (secondary N) is 1. The summed E-state index contributed by atoms with van der Waals surface area (Å²) in [4.78, 5) is 11.9. The van der Waals surface area contributed by atoms with Crippen LogP contribution in [0.3, 0.4) is 0 Å². The van der Waals surface area contributed by atoms with Crippen molar-refractivity contribution in [3.63, 3.8) is 0 Å². The molecule has 2 aromatic rings. The molecule has 98 valence electrons. The van der Waals surface area contributed by atoms with Gasteiger partial charge in [-0.1, -0.05) is 6.07 Å². The van der Waals surface area contributed by atoms with E-state index in [1.165, 1.54) is 6.07 Å². The zero-order chi connectivity index (χ0) is 14.0. The predicted octanol–water partition coefficient (Wildman–Crippen LogP) is 3.40. The lowest BCUT2D eigenvalue weighted by molar-refractivity contribution is 0.102. The van der Waals surface area contributed by atoms with E-state index in [1.807, 2.05) is 26.0 Å². The number of phenolic OH excluding ortho intramolecular Hbond substituents is 1. The van der Waals surface area contributed by atoms with Gasteiger partial charge in [-0.05, 0) is 49.2 Å². The van der Waals surface area contributed by atoms with Crippen LogP contribution < -0.4 is 5.32 Å². The Balaban J connectivity index is 2.23. The SMILES string of the molecule is Cc1ccc(NC(=O)c2ccc(F)cc2O)cc1C. The first-order valence-electron chi connectivity index (χ1n) is 5.84. The van der Waals surface area contributed by atoms with Crippen molar-refractivity contribution in [2.45, 2.75) is 13.8 Å². The molecule has 0 saturated carbocycles. The van der Waals surface area contributed by atoms with Crippen LogP contribution in [-0.2, 0) is 0 Å². The molecule has 0 radical (unpaired) electrons. The van der Waals surface area contributed by atoms with Gasteiger partial charge in [-0.2, -0.15) is 0 Å². The molecular weight excluding hydrogens is 245 g/mol. The third-order valence-corrected chi connectivity index (χ3v) is 2.97. The minimum atomic E-state index is -0.583. The van der Waals surface area contributed by atoms with Gasteiger partial charge in [0.2, 0.25) is 0 Å². The molecule has 4 heteroatoms. The van der Waals surface area contributed by atoms with Crippen molar-refractivity contribution in [3.05, 3.63) is 58.9 Å². The molecule has 0 aliphatic heterocycles. The van der Waals surface area contributed by atoms with E-state index in [0.29, 0.717) is 5.69 Å². The molecular formula is C15H14FNO2. The highest BCUT2D eigenvalue weighted by Crippen LogP contribution is 2.20. The fourth-order valence-corrected chi connectivity index (χ4v) is 1.71. The fourth-order valence-electron chi connectivity index (χ4n) is 1.71. The largest absolute Gasteiger partial charge is 0.507 e. The van der Waals surface area contributed by atoms with Crippen molar-refractivity contribution in [1.82, 2.24) is 0 Å². The molecule has 0 aromatic heterocycles. The summed E-state index contributed by atoms with van der Waals surface area (Å²) in [6, 6.07) is 8.81. The Bertz CT molecular complexity index is 638. The average molecular weight is 259 g/mol. The molecule has 1 amide bonds. The summed E-state index contributed by atoms with van der Waals surface area (Å²) in [5.41, 5.74) is 2.86. The molecule has 0 aliphatic carbocycles. The molecule has 2 aromatic carbocycles. The van der Waals surface area contributed by atoms with E-state index in [2.05, 4.69) is 5.32 Å². The Morgan fingerprint density at radius 1 is 1.11 bits per heavy atom. The maximum atomic E-state index is 12.8. The maximum absolute atomic E-state index is 12.8. The Labute approximate surface area is 110 Å². The zero-order valence-corrected chi connectivity index (χ0v) is 10.7. The molecule has 2 N–H and O–H groups in total. The van der Waals surface area contributed by atoms with E-state index in [1.54, 1.807) is 6.07 Å². The zero-order valence-electron chi connectivity index (χ0n) is 10.7. The summed E-state index contributed by atoms with van der Waals surface area (Å²) in [6.45, 7) is 3.92. The van der Waals surface area contributed by atoms with Crippen LogP contribution in [0.15, 0.2) is 36.4 Å². The Morgan fingerprint density at radius 3 is 2.47 bits per heavy atom. The first-order chi connectivity index (χ1) is 8.97. The first-order valence-corrected chi connectivity index (χ1v) is 5.84. The summed E-state index contributed by atoms with van der Waals surface area (Å²) in [5.74, 6) is -1.43. The van der Waals surface area contributed by atoms with Gasteiger partial charge in [-0.15, -0.1) is 0 Å². The van der Waals surface area contributed by atoms with Crippen molar-refractivity contribution >= 4 is 11.6 Å². The van der Waals surface area contributed by atoms with Crippen LogP contribution >= 0.6 is 0 Å². The summed E-state index contributed by atoms with van der Waals surface area (Å²) < 4.78 is 12.8. The third-order valence-electron chi connectivity index (χ3n) is 2.97. The molecule has 2 rings (SSSR count). The molecule has 19 heavy (non-hydrogen) atoms. The van der Waals surface area contributed by atoms with Crippen LogP contribution in [-0.4, -0.2) is 11.0 Å². The molecule has 0 saturated heterocycles. The van der Waals surface area contributed by atoms with Crippen LogP contribution in [0.4, 0.5) is 10.1 Å². The van der Waals surface area contributed by atoms with Gasteiger partial charge in [0, 0.05) is 11.8 Å². The summed E-state index contributed by atoms with van der Waals surface area (Å²) in [5, 5.41) is 12.2. The standard InChI is InChI=1S/C15H14FNO2/c1-9-3-5-12(7-10(9)2)17-15(19)13-6-4-11(16)8-14(13)18/h3-8,18H,1-2H3,(H,17,19). The van der Waals surface area contributed by atoms with E-state index in [0.717, 1.165) is 23.3 Å². The number of rotatable bonds is 2. The van der Waals surface area contributed by atoms with Gasteiger partial charge in [0.05, 0.1) is 5.56 Å². The van der Waals surface area contributed by atoms with Gasteiger partial charge in [0.25, 0.3) is 5.91 Å². The lowest BCUT2D eigenvalue weighted by atomic mass is 10.1. The first kappa shape index (κ1) is 13.1. The number of hydrogen-bond acceptors (Lipinski definition) is 2. The number of aromatic hydroxyl groups is 1. The highest BCUT2D eigenvalue weighted by molar-refractivity contribution is 6.06. The highest BCUT2D eigenvalue weighted by atomic mass is 19.1. The average Bonchev–Trinajstić information content (AvgIpc) is 2.33. The monoisotopic (exact) mass is 259 g/mol. The molecule has 0 spiro atoms. The molecule has 0 atom stereocenters. The molecule has 3 nitrogen and oxygen atoms in total. The second kappa shape index (κ2) is 5.10. The number of hydrogen-bond donors (Lipinski definition) is 2. The van der Waals surface area contributed by atoms with E-state index in [-0.39, 0.29) is 11.3 Å². The van der Waals surface area contributed by atoms with Gasteiger partial charge < -0.3 is 10.4 Å². The summed E-state index contributed by atoms with van der Waals surface area (Å²) >= 11 is 0. The minimum Gasteiger partial charge on any atom is -0.507 e. The number of carbonyl (C=O) groups excluding carboxylic acids is 1. The number of aryl methyl sites for hydroxylation is 2. The van der Waals surface area contributed by atoms with E-state index in [9.17, 15) is 14.3 Å². The van der Waals surface area contributed by atoms with Crippen LogP contribution in [0.2, 0.25) is 0 Å². The summed E-state index contributed by atoms with van der Waals surface area (Å²) in [7, 11) is 0.